The molecule has 2 rings (SSSR count). The maximum atomic E-state index is 5.35. The Labute approximate surface area is 114 Å². The number of nitrogens with zero attached hydrogens (tertiary/aromatic N) is 3. The fourth-order valence-electron chi connectivity index (χ4n) is 1.99. The van der Waals surface area contributed by atoms with Crippen LogP contribution in [0.1, 0.15) is 41.8 Å². The Kier molecular flexibility index (Phi) is 4.37. The van der Waals surface area contributed by atoms with Gasteiger partial charge in [-0.3, -0.25) is 4.68 Å². The van der Waals surface area contributed by atoms with Crippen molar-refractivity contribution in [3.05, 3.63) is 34.5 Å². The fourth-order valence-corrected chi connectivity index (χ4v) is 1.99. The predicted molar refractivity (Wildman–Crippen MR) is 74.0 cm³/mol. The van der Waals surface area contributed by atoms with E-state index in [2.05, 4.69) is 36.3 Å². The van der Waals surface area contributed by atoms with E-state index in [0.717, 1.165) is 36.7 Å². The van der Waals surface area contributed by atoms with Gasteiger partial charge < -0.3 is 9.84 Å². The second-order valence-electron chi connectivity index (χ2n) is 4.91. The van der Waals surface area contributed by atoms with Gasteiger partial charge in [0.2, 0.25) is 0 Å². The van der Waals surface area contributed by atoms with E-state index in [1.807, 2.05) is 17.7 Å². The van der Waals surface area contributed by atoms with Gasteiger partial charge in [-0.1, -0.05) is 12.1 Å². The van der Waals surface area contributed by atoms with E-state index >= 15 is 0 Å². The van der Waals surface area contributed by atoms with Crippen molar-refractivity contribution < 1.29 is 4.52 Å². The van der Waals surface area contributed by atoms with Gasteiger partial charge in [-0.2, -0.15) is 5.10 Å². The molecule has 0 atom stereocenters. The van der Waals surface area contributed by atoms with Crippen LogP contribution in [0.15, 0.2) is 10.6 Å². The molecule has 0 saturated heterocycles. The first-order valence-electron chi connectivity index (χ1n) is 6.77. The molecule has 0 amide bonds. The Hall–Kier alpha value is -1.62. The predicted octanol–water partition coefficient (Wildman–Crippen LogP) is 2.34. The van der Waals surface area contributed by atoms with Crippen molar-refractivity contribution in [3.8, 4) is 0 Å². The zero-order valence-electron chi connectivity index (χ0n) is 12.2. The summed E-state index contributed by atoms with van der Waals surface area (Å²) >= 11 is 0. The molecule has 5 heteroatoms. The molecular weight excluding hydrogens is 240 g/mol. The second kappa shape index (κ2) is 6.02. The molecule has 2 heterocycles. The Bertz CT molecular complexity index is 542. The summed E-state index contributed by atoms with van der Waals surface area (Å²) in [6.07, 6.45) is 1.12. The van der Waals surface area contributed by atoms with Gasteiger partial charge in [0.1, 0.15) is 6.54 Å². The van der Waals surface area contributed by atoms with Crippen LogP contribution < -0.4 is 5.32 Å². The van der Waals surface area contributed by atoms with Crippen LogP contribution in [0.3, 0.4) is 0 Å². The molecule has 0 bridgehead atoms. The summed E-state index contributed by atoms with van der Waals surface area (Å²) in [5.41, 5.74) is 4.44. The topological polar surface area (TPSA) is 55.9 Å². The normalized spacial score (nSPS) is 11.2. The molecule has 5 nitrogen and oxygen atoms in total. The largest absolute Gasteiger partial charge is 0.359 e. The molecule has 0 unspecified atom stereocenters. The number of aromatic nitrogens is 3. The van der Waals surface area contributed by atoms with Crippen LogP contribution in [-0.4, -0.2) is 21.5 Å². The van der Waals surface area contributed by atoms with E-state index in [-0.39, 0.29) is 0 Å². The third-order valence-electron chi connectivity index (χ3n) is 3.39. The third-order valence-corrected chi connectivity index (χ3v) is 3.39. The zero-order chi connectivity index (χ0) is 13.8. The standard InChI is InChI=1S/C14H22N4O/c1-5-6-15-8-13-7-14(19-17-13)9-18-12(4)10(2)11(3)16-18/h7,15H,5-6,8-9H2,1-4H3. The molecular formula is C14H22N4O. The van der Waals surface area contributed by atoms with Crippen LogP contribution in [0.2, 0.25) is 0 Å². The number of hydrogen-bond acceptors (Lipinski definition) is 4. The molecule has 0 aliphatic carbocycles. The molecule has 0 fully saturated rings. The highest BCUT2D eigenvalue weighted by Crippen LogP contribution is 2.13. The lowest BCUT2D eigenvalue weighted by molar-refractivity contribution is 0.363. The summed E-state index contributed by atoms with van der Waals surface area (Å²) < 4.78 is 7.32. The van der Waals surface area contributed by atoms with Gasteiger partial charge >= 0.3 is 0 Å². The summed E-state index contributed by atoms with van der Waals surface area (Å²) in [6, 6.07) is 1.99. The van der Waals surface area contributed by atoms with Gasteiger partial charge in [0.15, 0.2) is 5.76 Å². The van der Waals surface area contributed by atoms with Gasteiger partial charge in [-0.05, 0) is 39.3 Å². The Balaban J connectivity index is 2.01. The van der Waals surface area contributed by atoms with E-state index in [1.54, 1.807) is 0 Å². The van der Waals surface area contributed by atoms with Gasteiger partial charge in [0.25, 0.3) is 0 Å². The van der Waals surface area contributed by atoms with E-state index in [4.69, 9.17) is 4.52 Å². The molecule has 2 aromatic heterocycles. The zero-order valence-corrected chi connectivity index (χ0v) is 12.2. The molecule has 0 aliphatic heterocycles. The van der Waals surface area contributed by atoms with Crippen LogP contribution in [0.4, 0.5) is 0 Å². The average molecular weight is 262 g/mol. The number of rotatable bonds is 6. The van der Waals surface area contributed by atoms with E-state index < -0.39 is 0 Å². The Morgan fingerprint density at radius 2 is 2.11 bits per heavy atom. The Morgan fingerprint density at radius 3 is 2.74 bits per heavy atom. The van der Waals surface area contributed by atoms with Crippen molar-refractivity contribution in [2.75, 3.05) is 6.54 Å². The van der Waals surface area contributed by atoms with Crippen LogP contribution in [0.5, 0.6) is 0 Å². The molecule has 0 saturated carbocycles. The first-order valence-corrected chi connectivity index (χ1v) is 6.77. The molecule has 2 aromatic rings. The van der Waals surface area contributed by atoms with E-state index in [1.165, 1.54) is 11.3 Å². The summed E-state index contributed by atoms with van der Waals surface area (Å²) in [7, 11) is 0. The molecule has 104 valence electrons. The van der Waals surface area contributed by atoms with Gasteiger partial charge in [-0.25, -0.2) is 0 Å². The van der Waals surface area contributed by atoms with Crippen molar-refractivity contribution in [1.82, 2.24) is 20.3 Å². The minimum Gasteiger partial charge on any atom is -0.359 e. The quantitative estimate of drug-likeness (QED) is 0.812. The van der Waals surface area contributed by atoms with Gasteiger partial charge in [-0.15, -0.1) is 0 Å². The van der Waals surface area contributed by atoms with Crippen molar-refractivity contribution >= 4 is 0 Å². The molecule has 0 aliphatic rings. The highest BCUT2D eigenvalue weighted by molar-refractivity contribution is 5.22. The minimum absolute atomic E-state index is 0.640. The van der Waals surface area contributed by atoms with Crippen molar-refractivity contribution in [2.45, 2.75) is 47.2 Å². The van der Waals surface area contributed by atoms with Crippen LogP contribution in [0, 0.1) is 20.8 Å². The smallest absolute Gasteiger partial charge is 0.158 e. The van der Waals surface area contributed by atoms with E-state index in [9.17, 15) is 0 Å². The Morgan fingerprint density at radius 1 is 1.32 bits per heavy atom. The first-order chi connectivity index (χ1) is 9.11. The third kappa shape index (κ3) is 3.23. The maximum Gasteiger partial charge on any atom is 0.158 e. The number of hydrogen-bond donors (Lipinski definition) is 1. The fraction of sp³-hybridized carbons (Fsp3) is 0.571. The highest BCUT2D eigenvalue weighted by Gasteiger charge is 2.10. The van der Waals surface area contributed by atoms with Crippen molar-refractivity contribution in [1.29, 1.82) is 0 Å². The summed E-state index contributed by atoms with van der Waals surface area (Å²) in [5, 5.41) is 11.9. The van der Waals surface area contributed by atoms with Crippen LogP contribution in [-0.2, 0) is 13.1 Å². The van der Waals surface area contributed by atoms with Crippen molar-refractivity contribution in [3.63, 3.8) is 0 Å². The molecule has 0 spiro atoms. The summed E-state index contributed by atoms with van der Waals surface area (Å²) in [6.45, 7) is 10.7. The first kappa shape index (κ1) is 13.8. The van der Waals surface area contributed by atoms with Gasteiger partial charge in [0, 0.05) is 18.3 Å². The second-order valence-corrected chi connectivity index (χ2v) is 4.91. The monoisotopic (exact) mass is 262 g/mol. The maximum absolute atomic E-state index is 5.35. The average Bonchev–Trinajstić information content (AvgIpc) is 2.92. The minimum atomic E-state index is 0.640. The summed E-state index contributed by atoms with van der Waals surface area (Å²) in [4.78, 5) is 0. The van der Waals surface area contributed by atoms with Crippen LogP contribution in [0.25, 0.3) is 0 Å². The number of aryl methyl sites for hydroxylation is 1. The van der Waals surface area contributed by atoms with Crippen LogP contribution >= 0.6 is 0 Å². The lowest BCUT2D eigenvalue weighted by Crippen LogP contribution is -2.13. The number of nitrogens with one attached hydrogen (secondary N) is 1. The van der Waals surface area contributed by atoms with E-state index in [0.29, 0.717) is 6.54 Å². The lowest BCUT2D eigenvalue weighted by Gasteiger charge is -2.00. The lowest BCUT2D eigenvalue weighted by atomic mass is 10.2. The highest BCUT2D eigenvalue weighted by atomic mass is 16.5. The SMILES string of the molecule is CCCNCc1cc(Cn2nc(C)c(C)c2C)on1. The molecule has 0 aromatic carbocycles. The molecule has 1 N–H and O–H groups in total. The van der Waals surface area contributed by atoms with Crippen molar-refractivity contribution in [2.24, 2.45) is 0 Å². The summed E-state index contributed by atoms with van der Waals surface area (Å²) in [5.74, 6) is 0.846. The van der Waals surface area contributed by atoms with Gasteiger partial charge in [0.05, 0.1) is 11.4 Å². The molecule has 19 heavy (non-hydrogen) atoms. The molecule has 0 radical (unpaired) electrons.